The van der Waals surface area contributed by atoms with Crippen LogP contribution in [0.25, 0.3) is 11.2 Å². The van der Waals surface area contributed by atoms with Crippen LogP contribution < -0.4 is 4.90 Å². The number of benzene rings is 1. The van der Waals surface area contributed by atoms with E-state index in [0.717, 1.165) is 23.2 Å². The van der Waals surface area contributed by atoms with Crippen LogP contribution in [-0.4, -0.2) is 73.7 Å². The van der Waals surface area contributed by atoms with Crippen LogP contribution in [0.3, 0.4) is 0 Å². The Morgan fingerprint density at radius 3 is 2.81 bits per heavy atom. The van der Waals surface area contributed by atoms with Crippen LogP contribution in [0.2, 0.25) is 0 Å². The second-order valence-corrected chi connectivity index (χ2v) is 8.47. The molecular weight excluding hydrogens is 408 g/mol. The molecule has 3 aromatic rings. The molecule has 0 radical (unpaired) electrons. The third-order valence-electron chi connectivity index (χ3n) is 6.49. The molecule has 0 bridgehead atoms. The second-order valence-electron chi connectivity index (χ2n) is 8.47. The molecule has 2 aliphatic heterocycles. The van der Waals surface area contributed by atoms with Gasteiger partial charge in [0, 0.05) is 44.1 Å². The van der Waals surface area contributed by atoms with Crippen LogP contribution >= 0.6 is 0 Å². The second kappa shape index (κ2) is 8.14. The molecule has 0 spiro atoms. The molecule has 0 aliphatic carbocycles. The summed E-state index contributed by atoms with van der Waals surface area (Å²) in [5.74, 6) is 0.0502. The molecular formula is C23H26N6O3. The maximum absolute atomic E-state index is 13.1. The molecule has 0 saturated carbocycles. The number of hydrogen-bond donors (Lipinski definition) is 1. The Bertz CT molecular complexity index is 1180. The highest BCUT2D eigenvalue weighted by Gasteiger charge is 2.30. The lowest BCUT2D eigenvalue weighted by atomic mass is 9.97. The Morgan fingerprint density at radius 1 is 1.12 bits per heavy atom. The highest BCUT2D eigenvalue weighted by atomic mass is 16.4. The maximum atomic E-state index is 13.1. The molecule has 1 N–H and O–H groups in total. The quantitative estimate of drug-likeness (QED) is 0.679. The van der Waals surface area contributed by atoms with E-state index in [1.807, 2.05) is 23.1 Å². The van der Waals surface area contributed by atoms with Gasteiger partial charge in [-0.15, -0.1) is 0 Å². The third kappa shape index (κ3) is 3.63. The van der Waals surface area contributed by atoms with Gasteiger partial charge in [0.1, 0.15) is 12.1 Å². The van der Waals surface area contributed by atoms with Crippen molar-refractivity contribution in [3.63, 3.8) is 0 Å². The molecule has 2 amide bonds. The van der Waals surface area contributed by atoms with Gasteiger partial charge in [0.2, 0.25) is 5.91 Å². The number of aromatic nitrogens is 3. The number of imidazole rings is 1. The SMILES string of the molecule is C[C@@H]1CN(c2cccc3c2CN(C(=O)O)CC3)CCN1C(=O)Cn1cnc2cccnc21. The van der Waals surface area contributed by atoms with Crippen LogP contribution in [0.15, 0.2) is 42.9 Å². The number of carboxylic acid groups (broad SMARTS) is 1. The fourth-order valence-corrected chi connectivity index (χ4v) is 4.82. The van der Waals surface area contributed by atoms with Gasteiger partial charge in [-0.3, -0.25) is 4.79 Å². The summed E-state index contributed by atoms with van der Waals surface area (Å²) in [6.07, 6.45) is 3.23. The van der Waals surface area contributed by atoms with Crippen molar-refractivity contribution in [2.45, 2.75) is 32.5 Å². The van der Waals surface area contributed by atoms with Gasteiger partial charge in [0.15, 0.2) is 5.65 Å². The molecule has 2 aromatic heterocycles. The van der Waals surface area contributed by atoms with Crippen LogP contribution in [-0.2, 0) is 24.3 Å². The van der Waals surface area contributed by atoms with Gasteiger partial charge in [-0.25, -0.2) is 14.8 Å². The molecule has 9 nitrogen and oxygen atoms in total. The first-order chi connectivity index (χ1) is 15.5. The molecule has 1 atom stereocenters. The van der Waals surface area contributed by atoms with Gasteiger partial charge >= 0.3 is 6.09 Å². The lowest BCUT2D eigenvalue weighted by molar-refractivity contribution is -0.134. The number of amides is 2. The van der Waals surface area contributed by atoms with E-state index in [9.17, 15) is 14.7 Å². The highest BCUT2D eigenvalue weighted by Crippen LogP contribution is 2.31. The Morgan fingerprint density at radius 2 is 2.00 bits per heavy atom. The van der Waals surface area contributed by atoms with Gasteiger partial charge in [0.05, 0.1) is 12.9 Å². The van der Waals surface area contributed by atoms with Gasteiger partial charge in [-0.1, -0.05) is 12.1 Å². The van der Waals surface area contributed by atoms with Crippen molar-refractivity contribution in [2.75, 3.05) is 31.1 Å². The molecule has 5 rings (SSSR count). The molecule has 32 heavy (non-hydrogen) atoms. The summed E-state index contributed by atoms with van der Waals surface area (Å²) >= 11 is 0. The smallest absolute Gasteiger partial charge is 0.407 e. The monoisotopic (exact) mass is 434 g/mol. The van der Waals surface area contributed by atoms with Gasteiger partial charge < -0.3 is 24.4 Å². The molecule has 4 heterocycles. The minimum Gasteiger partial charge on any atom is -0.465 e. The first kappa shape index (κ1) is 20.3. The number of hydrogen-bond acceptors (Lipinski definition) is 5. The van der Waals surface area contributed by atoms with Crippen molar-refractivity contribution in [1.29, 1.82) is 0 Å². The van der Waals surface area contributed by atoms with Crippen molar-refractivity contribution in [3.8, 4) is 0 Å². The van der Waals surface area contributed by atoms with E-state index in [2.05, 4.69) is 33.9 Å². The Labute approximate surface area is 185 Å². The summed E-state index contributed by atoms with van der Waals surface area (Å²) < 4.78 is 1.80. The van der Waals surface area contributed by atoms with Crippen LogP contribution in [0.4, 0.5) is 10.5 Å². The fraction of sp³-hybridized carbons (Fsp3) is 0.391. The first-order valence-corrected chi connectivity index (χ1v) is 10.9. The molecule has 166 valence electrons. The van der Waals surface area contributed by atoms with Gasteiger partial charge in [-0.05, 0) is 42.7 Å². The average Bonchev–Trinajstić information content (AvgIpc) is 3.21. The zero-order valence-electron chi connectivity index (χ0n) is 18.0. The largest absolute Gasteiger partial charge is 0.465 e. The molecule has 0 unspecified atom stereocenters. The van der Waals surface area contributed by atoms with Gasteiger partial charge in [0.25, 0.3) is 0 Å². The minimum absolute atomic E-state index is 0.0361. The average molecular weight is 435 g/mol. The van der Waals surface area contributed by atoms with Gasteiger partial charge in [-0.2, -0.15) is 0 Å². The summed E-state index contributed by atoms with van der Waals surface area (Å²) in [7, 11) is 0. The van der Waals surface area contributed by atoms with E-state index in [1.54, 1.807) is 17.1 Å². The predicted octanol–water partition coefficient (Wildman–Crippen LogP) is 2.20. The number of nitrogens with zero attached hydrogens (tertiary/aromatic N) is 6. The van der Waals surface area contributed by atoms with Crippen molar-refractivity contribution >= 4 is 28.9 Å². The summed E-state index contributed by atoms with van der Waals surface area (Å²) in [4.78, 5) is 38.9. The normalized spacial score (nSPS) is 18.7. The summed E-state index contributed by atoms with van der Waals surface area (Å²) in [6.45, 7) is 5.25. The first-order valence-electron chi connectivity index (χ1n) is 10.9. The van der Waals surface area contributed by atoms with Crippen LogP contribution in [0.5, 0.6) is 0 Å². The molecule has 1 saturated heterocycles. The zero-order chi connectivity index (χ0) is 22.2. The zero-order valence-corrected chi connectivity index (χ0v) is 18.0. The highest BCUT2D eigenvalue weighted by molar-refractivity contribution is 5.79. The van der Waals surface area contributed by atoms with Crippen molar-refractivity contribution in [2.24, 2.45) is 0 Å². The molecule has 2 aliphatic rings. The molecule has 9 heteroatoms. The molecule has 1 aromatic carbocycles. The number of carbonyl (C=O) groups is 2. The van der Waals surface area contributed by atoms with E-state index in [1.165, 1.54) is 10.5 Å². The number of piperazine rings is 1. The number of rotatable bonds is 3. The fourth-order valence-electron chi connectivity index (χ4n) is 4.82. The van der Waals surface area contributed by atoms with E-state index >= 15 is 0 Å². The maximum Gasteiger partial charge on any atom is 0.407 e. The number of pyridine rings is 1. The summed E-state index contributed by atoms with van der Waals surface area (Å²) in [5, 5.41) is 9.43. The number of anilines is 1. The predicted molar refractivity (Wildman–Crippen MR) is 119 cm³/mol. The topological polar surface area (TPSA) is 94.8 Å². The van der Waals surface area contributed by atoms with Crippen LogP contribution in [0, 0.1) is 0 Å². The summed E-state index contributed by atoms with van der Waals surface area (Å²) in [6, 6.07) is 9.96. The Balaban J connectivity index is 1.30. The van der Waals surface area contributed by atoms with Crippen molar-refractivity contribution in [1.82, 2.24) is 24.3 Å². The minimum atomic E-state index is -0.879. The van der Waals surface area contributed by atoms with E-state index < -0.39 is 6.09 Å². The van der Waals surface area contributed by atoms with Crippen LogP contribution in [0.1, 0.15) is 18.1 Å². The lowest BCUT2D eigenvalue weighted by Gasteiger charge is -2.42. The number of fused-ring (bicyclic) bond motifs is 2. The van der Waals surface area contributed by atoms with E-state index in [-0.39, 0.29) is 18.5 Å². The van der Waals surface area contributed by atoms with E-state index in [4.69, 9.17) is 0 Å². The molecule has 1 fully saturated rings. The van der Waals surface area contributed by atoms with Crippen molar-refractivity contribution in [3.05, 3.63) is 54.0 Å². The summed E-state index contributed by atoms with van der Waals surface area (Å²) in [5.41, 5.74) is 4.88. The Hall–Kier alpha value is -3.62. The standard InChI is InChI=1S/C23H26N6O3/c1-16-12-26(20-6-2-4-17-7-9-27(23(31)32)13-18(17)20)10-11-29(16)21(30)14-28-15-25-19-5-3-8-24-22(19)28/h2-6,8,15-16H,7,9-14H2,1H3,(H,31,32)/t16-/m1/s1. The van der Waals surface area contributed by atoms with E-state index in [0.29, 0.717) is 38.4 Å². The lowest BCUT2D eigenvalue weighted by Crippen LogP contribution is -2.55. The third-order valence-corrected chi connectivity index (χ3v) is 6.49. The Kier molecular flexibility index (Phi) is 5.16. The van der Waals surface area contributed by atoms with Crippen molar-refractivity contribution < 1.29 is 14.7 Å². The number of carbonyl (C=O) groups excluding carboxylic acids is 1.